The van der Waals surface area contributed by atoms with Crippen LogP contribution >= 0.6 is 0 Å². The summed E-state index contributed by atoms with van der Waals surface area (Å²) in [5.41, 5.74) is 11.6. The molecule has 0 aliphatic heterocycles. The number of rotatable bonds is 8. The Hall–Kier alpha value is -3.15. The largest absolute Gasteiger partial charge is 0.573 e. The van der Waals surface area contributed by atoms with Crippen molar-refractivity contribution in [3.05, 3.63) is 45.6 Å². The lowest BCUT2D eigenvalue weighted by Crippen LogP contribution is -2.23. The number of benzene rings is 1. The Balaban J connectivity index is 1.78. The van der Waals surface area contributed by atoms with Gasteiger partial charge in [0.1, 0.15) is 11.4 Å². The van der Waals surface area contributed by atoms with Crippen molar-refractivity contribution in [3.8, 4) is 5.75 Å². The summed E-state index contributed by atoms with van der Waals surface area (Å²) in [5.74, 6) is 0.0188. The van der Waals surface area contributed by atoms with Crippen LogP contribution in [0.2, 0.25) is 0 Å². The van der Waals surface area contributed by atoms with Gasteiger partial charge in [-0.15, -0.1) is 13.2 Å². The molecule has 2 aromatic rings. The van der Waals surface area contributed by atoms with E-state index in [9.17, 15) is 23.3 Å². The lowest BCUT2D eigenvalue weighted by atomic mass is 9.80. The number of ether oxygens (including phenoxy) is 1. The predicted octanol–water partition coefficient (Wildman–Crippen LogP) is 3.79. The molecule has 0 bridgehead atoms. The zero-order chi connectivity index (χ0) is 23.3. The van der Waals surface area contributed by atoms with Crippen molar-refractivity contribution in [2.75, 3.05) is 17.6 Å². The van der Waals surface area contributed by atoms with Gasteiger partial charge < -0.3 is 21.5 Å². The highest BCUT2D eigenvalue weighted by molar-refractivity contribution is 5.58. The van der Waals surface area contributed by atoms with E-state index in [4.69, 9.17) is 11.5 Å². The molecule has 12 heteroatoms. The first kappa shape index (κ1) is 23.5. The monoisotopic (exact) mass is 454 g/mol. The number of hydrogen-bond acceptors (Lipinski definition) is 8. The third-order valence-electron chi connectivity index (χ3n) is 5.58. The Bertz CT molecular complexity index is 949. The molecule has 0 saturated heterocycles. The van der Waals surface area contributed by atoms with Crippen molar-refractivity contribution in [2.45, 2.75) is 45.0 Å². The average molecular weight is 454 g/mol. The van der Waals surface area contributed by atoms with Crippen LogP contribution in [0.25, 0.3) is 0 Å². The van der Waals surface area contributed by atoms with Gasteiger partial charge in [-0.25, -0.2) is 4.98 Å². The Morgan fingerprint density at radius 1 is 1.16 bits per heavy atom. The molecule has 9 nitrogen and oxygen atoms in total. The minimum absolute atomic E-state index is 0.000515. The number of alkyl halides is 3. The summed E-state index contributed by atoms with van der Waals surface area (Å²) in [5, 5.41) is 14.3. The van der Waals surface area contributed by atoms with Gasteiger partial charge in [0.25, 0.3) is 0 Å². The first-order chi connectivity index (χ1) is 15.2. The van der Waals surface area contributed by atoms with E-state index < -0.39 is 11.3 Å². The number of nitrogens with one attached hydrogen (secondary N) is 1. The summed E-state index contributed by atoms with van der Waals surface area (Å²) in [6.45, 7) is 0.533. The maximum absolute atomic E-state index is 12.6. The quantitative estimate of drug-likeness (QED) is 0.404. The van der Waals surface area contributed by atoms with Crippen molar-refractivity contribution < 1.29 is 22.8 Å². The molecule has 174 valence electrons. The smallest absolute Gasteiger partial charge is 0.405 e. The van der Waals surface area contributed by atoms with E-state index in [2.05, 4.69) is 20.0 Å². The maximum atomic E-state index is 12.6. The van der Waals surface area contributed by atoms with Crippen LogP contribution < -0.4 is 21.5 Å². The second-order valence-electron chi connectivity index (χ2n) is 7.82. The van der Waals surface area contributed by atoms with Crippen LogP contribution in [0.1, 0.15) is 36.9 Å². The number of nitrogen functional groups attached to an aromatic ring is 1. The third kappa shape index (κ3) is 6.19. The van der Waals surface area contributed by atoms with Crippen LogP contribution in [0, 0.1) is 22.0 Å². The molecular weight excluding hydrogens is 429 g/mol. The minimum atomic E-state index is -4.83. The Labute approximate surface area is 182 Å². The fourth-order valence-corrected chi connectivity index (χ4v) is 3.93. The van der Waals surface area contributed by atoms with Gasteiger partial charge in [-0.05, 0) is 56.6 Å². The number of aromatic nitrogens is 2. The molecule has 0 radical (unpaired) electrons. The number of nitrogens with zero attached hydrogens (tertiary/aromatic N) is 3. The van der Waals surface area contributed by atoms with E-state index in [-0.39, 0.29) is 46.9 Å². The summed E-state index contributed by atoms with van der Waals surface area (Å²) in [4.78, 5) is 19.1. The van der Waals surface area contributed by atoms with Gasteiger partial charge in [0.2, 0.25) is 11.8 Å². The van der Waals surface area contributed by atoms with Crippen molar-refractivity contribution in [1.29, 1.82) is 0 Å². The highest BCUT2D eigenvalue weighted by Crippen LogP contribution is 2.34. The fraction of sp³-hybridized carbons (Fsp3) is 0.500. The van der Waals surface area contributed by atoms with Gasteiger partial charge in [0.15, 0.2) is 0 Å². The molecule has 1 heterocycles. The number of anilines is 2. The Morgan fingerprint density at radius 3 is 2.44 bits per heavy atom. The molecule has 0 spiro atoms. The van der Waals surface area contributed by atoms with E-state index in [0.717, 1.165) is 25.7 Å². The third-order valence-corrected chi connectivity index (χ3v) is 5.58. The standard InChI is InChI=1S/C20H25F3N6O3/c21-20(22,23)32-16-4-2-1-3-14(16)11-26-19-27-15(17(29(30)31)18(25)28-19)9-12-5-7-13(10-24)8-6-12/h1-4,12-13H,5-11,24H2,(H3,25,26,27,28)/t12-,13-. The van der Waals surface area contributed by atoms with Gasteiger partial charge in [-0.1, -0.05) is 18.2 Å². The van der Waals surface area contributed by atoms with Crippen molar-refractivity contribution in [1.82, 2.24) is 9.97 Å². The molecule has 1 aromatic heterocycles. The highest BCUT2D eigenvalue weighted by atomic mass is 19.4. The summed E-state index contributed by atoms with van der Waals surface area (Å²) >= 11 is 0. The highest BCUT2D eigenvalue weighted by Gasteiger charge is 2.32. The molecule has 1 saturated carbocycles. The zero-order valence-corrected chi connectivity index (χ0v) is 17.3. The van der Waals surface area contributed by atoms with Gasteiger partial charge in [0, 0.05) is 12.1 Å². The number of nitrogens with two attached hydrogens (primary N) is 2. The lowest BCUT2D eigenvalue weighted by Gasteiger charge is -2.27. The summed E-state index contributed by atoms with van der Waals surface area (Å²) in [6.07, 6.45) is -0.793. The molecule has 5 N–H and O–H groups in total. The van der Waals surface area contributed by atoms with Crippen LogP contribution in [0.3, 0.4) is 0 Å². The fourth-order valence-electron chi connectivity index (χ4n) is 3.93. The van der Waals surface area contributed by atoms with E-state index in [0.29, 0.717) is 18.9 Å². The first-order valence-corrected chi connectivity index (χ1v) is 10.2. The van der Waals surface area contributed by atoms with Gasteiger partial charge >= 0.3 is 12.0 Å². The second kappa shape index (κ2) is 9.98. The van der Waals surface area contributed by atoms with Gasteiger partial charge in [0.05, 0.1) is 4.92 Å². The first-order valence-electron chi connectivity index (χ1n) is 10.2. The van der Waals surface area contributed by atoms with Gasteiger partial charge in [-0.2, -0.15) is 4.98 Å². The molecule has 32 heavy (non-hydrogen) atoms. The molecule has 1 fully saturated rings. The number of nitro groups is 1. The minimum Gasteiger partial charge on any atom is -0.405 e. The Kier molecular flexibility index (Phi) is 7.33. The molecule has 1 aliphatic carbocycles. The SMILES string of the molecule is NC[C@H]1CC[C@H](Cc2nc(NCc3ccccc3OC(F)(F)F)nc(N)c2[N+](=O)[O-])CC1. The van der Waals surface area contributed by atoms with Crippen molar-refractivity contribution in [3.63, 3.8) is 0 Å². The van der Waals surface area contributed by atoms with Crippen LogP contribution in [0.15, 0.2) is 24.3 Å². The maximum Gasteiger partial charge on any atom is 0.573 e. The summed E-state index contributed by atoms with van der Waals surface area (Å²) < 4.78 is 41.9. The summed E-state index contributed by atoms with van der Waals surface area (Å²) in [7, 11) is 0. The molecule has 1 aromatic carbocycles. The number of para-hydroxylation sites is 1. The average Bonchev–Trinajstić information content (AvgIpc) is 2.72. The molecule has 0 amide bonds. The van der Waals surface area contributed by atoms with E-state index in [1.54, 1.807) is 6.07 Å². The van der Waals surface area contributed by atoms with E-state index in [1.807, 2.05) is 0 Å². The molecule has 0 unspecified atom stereocenters. The number of halogens is 3. The van der Waals surface area contributed by atoms with Crippen LogP contribution in [-0.4, -0.2) is 27.8 Å². The van der Waals surface area contributed by atoms with Crippen molar-refractivity contribution in [2.24, 2.45) is 17.6 Å². The Morgan fingerprint density at radius 2 is 1.81 bits per heavy atom. The van der Waals surface area contributed by atoms with Gasteiger partial charge in [-0.3, -0.25) is 10.1 Å². The van der Waals surface area contributed by atoms with Crippen LogP contribution in [0.5, 0.6) is 5.75 Å². The summed E-state index contributed by atoms with van der Waals surface area (Å²) in [6, 6.07) is 5.63. The molecule has 3 rings (SSSR count). The number of hydrogen-bond donors (Lipinski definition) is 3. The molecule has 0 atom stereocenters. The van der Waals surface area contributed by atoms with Crippen LogP contribution in [0.4, 0.5) is 30.6 Å². The molecule has 1 aliphatic rings. The predicted molar refractivity (Wildman–Crippen MR) is 112 cm³/mol. The zero-order valence-electron chi connectivity index (χ0n) is 17.3. The van der Waals surface area contributed by atoms with Crippen molar-refractivity contribution >= 4 is 17.5 Å². The topological polar surface area (TPSA) is 142 Å². The van der Waals surface area contributed by atoms with Crippen LogP contribution in [-0.2, 0) is 13.0 Å². The second-order valence-corrected chi connectivity index (χ2v) is 7.82. The molecular formula is C20H25F3N6O3. The van der Waals surface area contributed by atoms with E-state index >= 15 is 0 Å². The normalized spacial score (nSPS) is 18.9. The van der Waals surface area contributed by atoms with E-state index in [1.165, 1.54) is 18.2 Å². The lowest BCUT2D eigenvalue weighted by molar-refractivity contribution is -0.385.